The van der Waals surface area contributed by atoms with Crippen molar-refractivity contribution in [2.75, 3.05) is 5.32 Å². The molecule has 0 fully saturated rings. The van der Waals surface area contributed by atoms with Gasteiger partial charge in [0.1, 0.15) is 11.5 Å². The van der Waals surface area contributed by atoms with Crippen molar-refractivity contribution in [2.45, 2.75) is 26.8 Å². The van der Waals surface area contributed by atoms with Gasteiger partial charge in [-0.2, -0.15) is 0 Å². The van der Waals surface area contributed by atoms with Crippen LogP contribution >= 0.6 is 0 Å². The second-order valence-electron chi connectivity index (χ2n) is 4.35. The Kier molecular flexibility index (Phi) is 2.97. The van der Waals surface area contributed by atoms with Crippen LogP contribution < -0.4 is 5.32 Å². The van der Waals surface area contributed by atoms with E-state index in [4.69, 9.17) is 6.42 Å². The largest absolute Gasteiger partial charge is 0.367 e. The summed E-state index contributed by atoms with van der Waals surface area (Å²) in [5, 5.41) is 5.39. The minimum Gasteiger partial charge on any atom is -0.367 e. The quantitative estimate of drug-likeness (QED) is 0.798. The lowest BCUT2D eigenvalue weighted by Gasteiger charge is -2.12. The molecule has 17 heavy (non-hydrogen) atoms. The molecule has 0 unspecified atom stereocenters. The van der Waals surface area contributed by atoms with Crippen LogP contribution in [0.15, 0.2) is 18.3 Å². The monoisotopic (exact) mass is 225 g/mol. The minimum atomic E-state index is 0.312. The number of aromatic nitrogens is 2. The van der Waals surface area contributed by atoms with Gasteiger partial charge in [-0.25, -0.2) is 4.98 Å². The second kappa shape index (κ2) is 4.42. The summed E-state index contributed by atoms with van der Waals surface area (Å²) in [4.78, 5) is 8.70. The molecule has 0 aliphatic carbocycles. The normalized spacial score (nSPS) is 10.5. The van der Waals surface area contributed by atoms with E-state index in [0.717, 1.165) is 22.3 Å². The maximum atomic E-state index is 5.41. The van der Waals surface area contributed by atoms with Gasteiger partial charge in [-0.15, -0.1) is 6.42 Å². The van der Waals surface area contributed by atoms with Gasteiger partial charge in [-0.05, 0) is 32.9 Å². The Morgan fingerprint density at radius 1 is 1.35 bits per heavy atom. The molecule has 0 spiro atoms. The molecular weight excluding hydrogens is 210 g/mol. The van der Waals surface area contributed by atoms with Gasteiger partial charge in [-0.3, -0.25) is 4.98 Å². The molecule has 3 heteroatoms. The number of rotatable bonds is 2. The van der Waals surface area contributed by atoms with Crippen LogP contribution in [-0.2, 0) is 0 Å². The van der Waals surface area contributed by atoms with Gasteiger partial charge >= 0.3 is 0 Å². The molecule has 2 heterocycles. The van der Waals surface area contributed by atoms with Crippen LogP contribution in [-0.4, -0.2) is 16.0 Å². The first kappa shape index (κ1) is 11.4. The predicted octanol–water partition coefficient (Wildman–Crippen LogP) is 2.74. The van der Waals surface area contributed by atoms with Gasteiger partial charge < -0.3 is 5.32 Å². The summed E-state index contributed by atoms with van der Waals surface area (Å²) in [5.41, 5.74) is 1.60. The van der Waals surface area contributed by atoms with Crippen molar-refractivity contribution in [2.24, 2.45) is 0 Å². The maximum absolute atomic E-state index is 5.41. The minimum absolute atomic E-state index is 0.312. The van der Waals surface area contributed by atoms with Gasteiger partial charge in [-0.1, -0.05) is 5.92 Å². The van der Waals surface area contributed by atoms with Crippen molar-refractivity contribution >= 4 is 16.6 Å². The summed E-state index contributed by atoms with van der Waals surface area (Å²) in [7, 11) is 0. The van der Waals surface area contributed by atoms with Crippen LogP contribution in [0, 0.1) is 19.3 Å². The highest BCUT2D eigenvalue weighted by atomic mass is 15.0. The zero-order valence-electron chi connectivity index (χ0n) is 10.3. The van der Waals surface area contributed by atoms with Gasteiger partial charge in [0.25, 0.3) is 0 Å². The third kappa shape index (κ3) is 2.36. The number of nitrogens with zero attached hydrogens (tertiary/aromatic N) is 2. The molecule has 2 aromatic heterocycles. The van der Waals surface area contributed by atoms with E-state index in [1.807, 2.05) is 25.3 Å². The van der Waals surface area contributed by atoms with Gasteiger partial charge in [0.15, 0.2) is 0 Å². The molecule has 0 bridgehead atoms. The number of anilines is 1. The number of terminal acetylenes is 1. The van der Waals surface area contributed by atoms with Crippen LogP contribution in [0.25, 0.3) is 10.8 Å². The second-order valence-corrected chi connectivity index (χ2v) is 4.35. The van der Waals surface area contributed by atoms with E-state index in [-0.39, 0.29) is 0 Å². The SMILES string of the molecule is C#Cc1cc2cnc(C)cc2c(NC(C)C)n1. The van der Waals surface area contributed by atoms with E-state index >= 15 is 0 Å². The number of hydrogen-bond donors (Lipinski definition) is 1. The molecule has 0 aromatic carbocycles. The Labute approximate surface area is 101 Å². The summed E-state index contributed by atoms with van der Waals surface area (Å²) in [5.74, 6) is 3.40. The van der Waals surface area contributed by atoms with Crippen LogP contribution in [0.5, 0.6) is 0 Å². The van der Waals surface area contributed by atoms with Gasteiger partial charge in [0.05, 0.1) is 0 Å². The summed E-state index contributed by atoms with van der Waals surface area (Å²) < 4.78 is 0. The summed E-state index contributed by atoms with van der Waals surface area (Å²) in [6.45, 7) is 6.11. The van der Waals surface area contributed by atoms with Crippen molar-refractivity contribution in [1.82, 2.24) is 9.97 Å². The third-order valence-electron chi connectivity index (χ3n) is 2.42. The Morgan fingerprint density at radius 2 is 2.12 bits per heavy atom. The number of nitrogens with one attached hydrogen (secondary N) is 1. The zero-order valence-corrected chi connectivity index (χ0v) is 10.3. The fourth-order valence-electron chi connectivity index (χ4n) is 1.71. The van der Waals surface area contributed by atoms with E-state index < -0.39 is 0 Å². The molecule has 86 valence electrons. The highest BCUT2D eigenvalue weighted by Gasteiger charge is 2.07. The van der Waals surface area contributed by atoms with Crippen LogP contribution in [0.3, 0.4) is 0 Å². The molecule has 0 amide bonds. The average Bonchev–Trinajstić information content (AvgIpc) is 2.28. The van der Waals surface area contributed by atoms with Crippen LogP contribution in [0.4, 0.5) is 5.82 Å². The molecule has 2 aromatic rings. The number of pyridine rings is 2. The molecule has 1 N–H and O–H groups in total. The maximum Gasteiger partial charge on any atom is 0.135 e. The molecular formula is C14H15N3. The van der Waals surface area contributed by atoms with Crippen molar-refractivity contribution < 1.29 is 0 Å². The number of aryl methyl sites for hydroxylation is 1. The fourth-order valence-corrected chi connectivity index (χ4v) is 1.71. The van der Waals surface area contributed by atoms with Gasteiger partial charge in [0.2, 0.25) is 0 Å². The smallest absolute Gasteiger partial charge is 0.135 e. The van der Waals surface area contributed by atoms with Crippen molar-refractivity contribution in [1.29, 1.82) is 0 Å². The molecule has 0 aliphatic heterocycles. The predicted molar refractivity (Wildman–Crippen MR) is 71.0 cm³/mol. The average molecular weight is 225 g/mol. The molecule has 0 saturated carbocycles. The lowest BCUT2D eigenvalue weighted by atomic mass is 10.1. The fraction of sp³-hybridized carbons (Fsp3) is 0.286. The molecule has 3 nitrogen and oxygen atoms in total. The number of fused-ring (bicyclic) bond motifs is 1. The molecule has 0 radical (unpaired) electrons. The van der Waals surface area contributed by atoms with Crippen molar-refractivity contribution in [3.63, 3.8) is 0 Å². The molecule has 0 atom stereocenters. The Hall–Kier alpha value is -2.08. The lowest BCUT2D eigenvalue weighted by molar-refractivity contribution is 0.891. The third-order valence-corrected chi connectivity index (χ3v) is 2.42. The van der Waals surface area contributed by atoms with Crippen molar-refractivity contribution in [3.8, 4) is 12.3 Å². The van der Waals surface area contributed by atoms with E-state index in [0.29, 0.717) is 11.7 Å². The van der Waals surface area contributed by atoms with Crippen LogP contribution in [0.2, 0.25) is 0 Å². The van der Waals surface area contributed by atoms with Gasteiger partial charge in [0, 0.05) is 28.7 Å². The lowest BCUT2D eigenvalue weighted by Crippen LogP contribution is -2.12. The van der Waals surface area contributed by atoms with Crippen molar-refractivity contribution in [3.05, 3.63) is 29.7 Å². The first-order chi connectivity index (χ1) is 8.10. The first-order valence-corrected chi connectivity index (χ1v) is 5.60. The Balaban J connectivity index is 2.68. The molecule has 0 saturated heterocycles. The first-order valence-electron chi connectivity index (χ1n) is 5.60. The zero-order chi connectivity index (χ0) is 12.4. The number of hydrogen-bond acceptors (Lipinski definition) is 3. The summed E-state index contributed by atoms with van der Waals surface area (Å²) in [6.07, 6.45) is 7.24. The molecule has 0 aliphatic rings. The van der Waals surface area contributed by atoms with Crippen LogP contribution in [0.1, 0.15) is 25.2 Å². The van der Waals surface area contributed by atoms with E-state index in [1.54, 1.807) is 0 Å². The topological polar surface area (TPSA) is 37.8 Å². The molecule has 2 rings (SSSR count). The van der Waals surface area contributed by atoms with E-state index in [1.165, 1.54) is 0 Å². The van der Waals surface area contributed by atoms with E-state index in [9.17, 15) is 0 Å². The Morgan fingerprint density at radius 3 is 2.76 bits per heavy atom. The Bertz CT molecular complexity index is 594. The summed E-state index contributed by atoms with van der Waals surface area (Å²) >= 11 is 0. The standard InChI is InChI=1S/C14H15N3/c1-5-12-7-11-8-15-10(4)6-13(11)14(17-12)16-9(2)3/h1,6-9H,2-4H3,(H,16,17). The highest BCUT2D eigenvalue weighted by molar-refractivity contribution is 5.92. The highest BCUT2D eigenvalue weighted by Crippen LogP contribution is 2.23. The van der Waals surface area contributed by atoms with E-state index in [2.05, 4.69) is 35.1 Å². The summed E-state index contributed by atoms with van der Waals surface area (Å²) in [6, 6.07) is 4.22.